The number of carboxylic acid groups (broad SMARTS) is 1. The van der Waals surface area contributed by atoms with Gasteiger partial charge in [-0.25, -0.2) is 4.79 Å². The second-order valence-corrected chi connectivity index (χ2v) is 7.48. The summed E-state index contributed by atoms with van der Waals surface area (Å²) in [5.74, 6) is -3.26. The molecule has 8 heteroatoms. The van der Waals surface area contributed by atoms with Gasteiger partial charge in [-0.3, -0.25) is 19.3 Å². The zero-order valence-corrected chi connectivity index (χ0v) is 15.6. The number of carbonyl (C=O) groups is 4. The van der Waals surface area contributed by atoms with Gasteiger partial charge in [-0.15, -0.1) is 0 Å². The zero-order valence-electron chi connectivity index (χ0n) is 15.6. The van der Waals surface area contributed by atoms with Crippen molar-refractivity contribution in [1.29, 1.82) is 0 Å². The summed E-state index contributed by atoms with van der Waals surface area (Å²) in [6.45, 7) is 1.42. The number of aliphatic hydroxyl groups excluding tert-OH is 1. The van der Waals surface area contributed by atoms with Gasteiger partial charge in [0.25, 0.3) is 11.8 Å². The standard InChI is InChI=1S/C20H24N2O6/c1-11(23)16(20(27)28)21-17(24)13-7-3-2-6-12(13)10-22-18(25)14-8-4-5-9-15(14)19(22)26/h4-5,8-9,11-13,16,23H,2-3,6-7,10H2,1H3,(H,21,24)(H,27,28). The number of aliphatic hydroxyl groups is 1. The van der Waals surface area contributed by atoms with Crippen LogP contribution in [0.25, 0.3) is 0 Å². The summed E-state index contributed by atoms with van der Waals surface area (Å²) in [4.78, 5) is 50.4. The van der Waals surface area contributed by atoms with Crippen molar-refractivity contribution in [1.82, 2.24) is 10.2 Å². The molecule has 8 nitrogen and oxygen atoms in total. The minimum Gasteiger partial charge on any atom is -0.480 e. The highest BCUT2D eigenvalue weighted by Gasteiger charge is 2.40. The topological polar surface area (TPSA) is 124 Å². The Balaban J connectivity index is 1.74. The molecule has 0 aromatic heterocycles. The quantitative estimate of drug-likeness (QED) is 0.626. The van der Waals surface area contributed by atoms with E-state index in [0.717, 1.165) is 12.8 Å². The molecule has 1 fully saturated rings. The van der Waals surface area contributed by atoms with Crippen molar-refractivity contribution in [3.05, 3.63) is 35.4 Å². The summed E-state index contributed by atoms with van der Waals surface area (Å²) < 4.78 is 0. The maximum absolute atomic E-state index is 12.7. The van der Waals surface area contributed by atoms with Crippen molar-refractivity contribution in [2.24, 2.45) is 11.8 Å². The van der Waals surface area contributed by atoms with E-state index in [0.29, 0.717) is 24.0 Å². The van der Waals surface area contributed by atoms with E-state index in [1.54, 1.807) is 24.3 Å². The molecule has 0 radical (unpaired) electrons. The van der Waals surface area contributed by atoms with Crippen molar-refractivity contribution in [2.45, 2.75) is 44.8 Å². The average molecular weight is 388 g/mol. The van der Waals surface area contributed by atoms with Crippen molar-refractivity contribution in [2.75, 3.05) is 6.54 Å². The Labute approximate surface area is 162 Å². The number of fused-ring (bicyclic) bond motifs is 1. The van der Waals surface area contributed by atoms with Gasteiger partial charge in [0.2, 0.25) is 5.91 Å². The molecular formula is C20H24N2O6. The molecule has 2 aliphatic rings. The summed E-state index contributed by atoms with van der Waals surface area (Å²) in [6, 6.07) is 5.23. The maximum atomic E-state index is 12.7. The van der Waals surface area contributed by atoms with Gasteiger partial charge in [0.05, 0.1) is 17.2 Å². The lowest BCUT2D eigenvalue weighted by Gasteiger charge is -2.33. The van der Waals surface area contributed by atoms with Gasteiger partial charge in [0, 0.05) is 12.5 Å². The molecule has 3 amide bonds. The first kappa shape index (κ1) is 20.0. The van der Waals surface area contributed by atoms with Crippen molar-refractivity contribution < 1.29 is 29.4 Å². The van der Waals surface area contributed by atoms with Gasteiger partial charge in [-0.2, -0.15) is 0 Å². The number of benzene rings is 1. The SMILES string of the molecule is CC(O)C(NC(=O)C1CCCCC1CN1C(=O)c2ccccc2C1=O)C(=O)O. The summed E-state index contributed by atoms with van der Waals surface area (Å²) in [6.07, 6.45) is 1.66. The Kier molecular flexibility index (Phi) is 5.79. The van der Waals surface area contributed by atoms with Crippen molar-refractivity contribution in [3.8, 4) is 0 Å². The van der Waals surface area contributed by atoms with Gasteiger partial charge in [0.15, 0.2) is 6.04 Å². The van der Waals surface area contributed by atoms with E-state index >= 15 is 0 Å². The predicted octanol–water partition coefficient (Wildman–Crippen LogP) is 1.04. The molecule has 3 rings (SSSR count). The first-order chi connectivity index (χ1) is 13.3. The highest BCUT2D eigenvalue weighted by Crippen LogP contribution is 2.33. The molecule has 0 saturated heterocycles. The molecular weight excluding hydrogens is 364 g/mol. The Hall–Kier alpha value is -2.74. The number of amides is 3. The normalized spacial score (nSPS) is 23.9. The van der Waals surface area contributed by atoms with Crippen LogP contribution in [0.2, 0.25) is 0 Å². The first-order valence-corrected chi connectivity index (χ1v) is 9.47. The summed E-state index contributed by atoms with van der Waals surface area (Å²) in [7, 11) is 0. The Morgan fingerprint density at radius 2 is 1.71 bits per heavy atom. The fraction of sp³-hybridized carbons (Fsp3) is 0.500. The second kappa shape index (κ2) is 8.10. The number of rotatable bonds is 6. The number of nitrogens with zero attached hydrogens (tertiary/aromatic N) is 1. The molecule has 1 heterocycles. The summed E-state index contributed by atoms with van der Waals surface area (Å²) in [5.41, 5.74) is 0.730. The highest BCUT2D eigenvalue weighted by molar-refractivity contribution is 6.21. The lowest BCUT2D eigenvalue weighted by atomic mass is 9.78. The van der Waals surface area contributed by atoms with Crippen LogP contribution in [-0.2, 0) is 9.59 Å². The molecule has 1 aliphatic carbocycles. The number of aliphatic carboxylic acids is 1. The van der Waals surface area contributed by atoms with Crippen LogP contribution in [0.15, 0.2) is 24.3 Å². The molecule has 1 saturated carbocycles. The Morgan fingerprint density at radius 3 is 2.25 bits per heavy atom. The zero-order chi connectivity index (χ0) is 20.4. The Bertz CT molecular complexity index is 771. The molecule has 28 heavy (non-hydrogen) atoms. The van der Waals surface area contributed by atoms with Crippen LogP contribution in [0, 0.1) is 11.8 Å². The van der Waals surface area contributed by atoms with Crippen molar-refractivity contribution in [3.63, 3.8) is 0 Å². The van der Waals surface area contributed by atoms with Crippen molar-refractivity contribution >= 4 is 23.7 Å². The number of carboxylic acids is 1. The predicted molar refractivity (Wildman–Crippen MR) is 98.5 cm³/mol. The molecule has 0 bridgehead atoms. The molecule has 4 atom stereocenters. The number of hydrogen-bond acceptors (Lipinski definition) is 5. The van der Waals surface area contributed by atoms with Crippen LogP contribution in [0.5, 0.6) is 0 Å². The third kappa shape index (κ3) is 3.77. The van der Waals surface area contributed by atoms with E-state index in [1.165, 1.54) is 11.8 Å². The van der Waals surface area contributed by atoms with E-state index in [4.69, 9.17) is 0 Å². The van der Waals surface area contributed by atoms with Crippen LogP contribution in [0.3, 0.4) is 0 Å². The monoisotopic (exact) mass is 388 g/mol. The smallest absolute Gasteiger partial charge is 0.328 e. The molecule has 4 unspecified atom stereocenters. The Morgan fingerprint density at radius 1 is 1.14 bits per heavy atom. The van der Waals surface area contributed by atoms with Crippen LogP contribution in [0.4, 0.5) is 0 Å². The van der Waals surface area contributed by atoms with Crippen LogP contribution in [0.1, 0.15) is 53.3 Å². The average Bonchev–Trinajstić information content (AvgIpc) is 2.91. The van der Waals surface area contributed by atoms with E-state index in [2.05, 4.69) is 5.32 Å². The second-order valence-electron chi connectivity index (χ2n) is 7.48. The fourth-order valence-electron chi connectivity index (χ4n) is 4.06. The lowest BCUT2D eigenvalue weighted by molar-refractivity contribution is -0.146. The maximum Gasteiger partial charge on any atom is 0.328 e. The van der Waals surface area contributed by atoms with Gasteiger partial charge in [-0.05, 0) is 37.8 Å². The molecule has 1 aromatic carbocycles. The summed E-state index contributed by atoms with van der Waals surface area (Å²) >= 11 is 0. The lowest BCUT2D eigenvalue weighted by Crippen LogP contribution is -2.52. The van der Waals surface area contributed by atoms with Crippen LogP contribution < -0.4 is 5.32 Å². The highest BCUT2D eigenvalue weighted by atomic mass is 16.4. The number of imide groups is 1. The van der Waals surface area contributed by atoms with E-state index < -0.39 is 29.9 Å². The number of hydrogen-bond donors (Lipinski definition) is 3. The van der Waals surface area contributed by atoms with E-state index in [-0.39, 0.29) is 24.3 Å². The molecule has 150 valence electrons. The van der Waals surface area contributed by atoms with E-state index in [1.807, 2.05) is 0 Å². The minimum atomic E-state index is -1.39. The third-order valence-electron chi connectivity index (χ3n) is 5.59. The van der Waals surface area contributed by atoms with Gasteiger partial charge >= 0.3 is 5.97 Å². The van der Waals surface area contributed by atoms with Gasteiger partial charge in [0.1, 0.15) is 0 Å². The largest absolute Gasteiger partial charge is 0.480 e. The third-order valence-corrected chi connectivity index (χ3v) is 5.59. The number of nitrogens with one attached hydrogen (secondary N) is 1. The van der Waals surface area contributed by atoms with Crippen LogP contribution in [-0.4, -0.2) is 57.5 Å². The first-order valence-electron chi connectivity index (χ1n) is 9.47. The molecule has 3 N–H and O–H groups in total. The number of carbonyl (C=O) groups excluding carboxylic acids is 3. The molecule has 1 aliphatic heterocycles. The fourth-order valence-corrected chi connectivity index (χ4v) is 4.06. The van der Waals surface area contributed by atoms with Crippen LogP contribution >= 0.6 is 0 Å². The summed E-state index contributed by atoms with van der Waals surface area (Å²) in [5, 5.41) is 21.2. The molecule has 1 aromatic rings. The van der Waals surface area contributed by atoms with E-state index in [9.17, 15) is 29.4 Å². The van der Waals surface area contributed by atoms with Gasteiger partial charge < -0.3 is 15.5 Å². The molecule has 0 spiro atoms. The minimum absolute atomic E-state index is 0.122. The van der Waals surface area contributed by atoms with Gasteiger partial charge in [-0.1, -0.05) is 25.0 Å².